The first-order chi connectivity index (χ1) is 7.92. The number of aromatic nitrogens is 1. The highest BCUT2D eigenvalue weighted by molar-refractivity contribution is 6.17. The van der Waals surface area contributed by atoms with E-state index in [2.05, 4.69) is 9.72 Å². The number of halogens is 4. The Morgan fingerprint density at radius 3 is 2.47 bits per heavy atom. The molecule has 1 rings (SSSR count). The maximum atomic E-state index is 12.2. The highest BCUT2D eigenvalue weighted by atomic mass is 35.5. The van der Waals surface area contributed by atoms with Gasteiger partial charge >= 0.3 is 6.36 Å². The molecule has 0 unspecified atom stereocenters. The fourth-order valence-electron chi connectivity index (χ4n) is 1.20. The van der Waals surface area contributed by atoms with Gasteiger partial charge in [-0.05, 0) is 0 Å². The molecular weight excluding hydrogens is 263 g/mol. The minimum absolute atomic E-state index is 0.102. The summed E-state index contributed by atoms with van der Waals surface area (Å²) in [5.41, 5.74) is -0.0290. The van der Waals surface area contributed by atoms with E-state index in [4.69, 9.17) is 21.4 Å². The zero-order valence-electron chi connectivity index (χ0n) is 8.71. The molecule has 0 spiro atoms. The maximum Gasteiger partial charge on any atom is 0.573 e. The highest BCUT2D eigenvalue weighted by Gasteiger charge is 2.34. The number of hydrogen-bond acceptors (Lipinski definition) is 4. The van der Waals surface area contributed by atoms with Crippen molar-refractivity contribution in [2.45, 2.75) is 18.8 Å². The van der Waals surface area contributed by atoms with E-state index in [0.717, 1.165) is 13.3 Å². The van der Waals surface area contributed by atoms with E-state index in [1.807, 2.05) is 0 Å². The molecule has 0 bridgehead atoms. The van der Waals surface area contributed by atoms with Gasteiger partial charge in [-0.15, -0.1) is 24.8 Å². The molecule has 0 saturated carbocycles. The van der Waals surface area contributed by atoms with Gasteiger partial charge < -0.3 is 14.6 Å². The number of nitrogens with zero attached hydrogens (tertiary/aromatic N) is 1. The van der Waals surface area contributed by atoms with Crippen molar-refractivity contribution in [2.75, 3.05) is 7.11 Å². The summed E-state index contributed by atoms with van der Waals surface area (Å²) in [7, 11) is 1.16. The second kappa shape index (κ2) is 5.42. The molecule has 0 radical (unpaired) electrons. The summed E-state index contributed by atoms with van der Waals surface area (Å²) < 4.78 is 45.2. The molecule has 8 heteroatoms. The second-order valence-corrected chi connectivity index (χ2v) is 3.20. The van der Waals surface area contributed by atoms with Crippen LogP contribution in [0, 0.1) is 0 Å². The maximum absolute atomic E-state index is 12.2. The number of ether oxygens (including phenoxy) is 2. The third-order valence-electron chi connectivity index (χ3n) is 1.86. The predicted molar refractivity (Wildman–Crippen MR) is 53.0 cm³/mol. The Bertz CT molecular complexity index is 398. The van der Waals surface area contributed by atoms with E-state index in [0.29, 0.717) is 0 Å². The first-order valence-electron chi connectivity index (χ1n) is 4.40. The predicted octanol–water partition coefficient (Wildman–Crippen LogP) is 2.22. The topological polar surface area (TPSA) is 51.6 Å². The molecule has 0 aliphatic heterocycles. The lowest BCUT2D eigenvalue weighted by molar-refractivity contribution is -0.275. The van der Waals surface area contributed by atoms with Crippen LogP contribution in [-0.2, 0) is 12.5 Å². The zero-order chi connectivity index (χ0) is 13.1. The molecule has 1 aromatic rings. The Hall–Kier alpha value is -1.21. The van der Waals surface area contributed by atoms with Crippen molar-refractivity contribution in [3.8, 4) is 11.5 Å². The van der Waals surface area contributed by atoms with Crippen molar-refractivity contribution in [1.82, 2.24) is 4.98 Å². The second-order valence-electron chi connectivity index (χ2n) is 2.93. The lowest BCUT2D eigenvalue weighted by Crippen LogP contribution is -2.19. The van der Waals surface area contributed by atoms with E-state index < -0.39 is 18.7 Å². The molecule has 1 heterocycles. The van der Waals surface area contributed by atoms with Crippen LogP contribution in [0.15, 0.2) is 6.20 Å². The van der Waals surface area contributed by atoms with Gasteiger partial charge in [-0.1, -0.05) is 0 Å². The molecule has 17 heavy (non-hydrogen) atoms. The largest absolute Gasteiger partial charge is 0.573 e. The highest BCUT2D eigenvalue weighted by Crippen LogP contribution is 2.37. The molecule has 0 aromatic carbocycles. The lowest BCUT2D eigenvalue weighted by atomic mass is 10.2. The zero-order valence-corrected chi connectivity index (χ0v) is 9.47. The van der Waals surface area contributed by atoms with Crippen LogP contribution >= 0.6 is 11.6 Å². The third kappa shape index (κ3) is 3.37. The van der Waals surface area contributed by atoms with Gasteiger partial charge in [0.15, 0.2) is 11.5 Å². The van der Waals surface area contributed by atoms with Crippen LogP contribution in [0.4, 0.5) is 13.2 Å². The van der Waals surface area contributed by atoms with Crippen LogP contribution in [-0.4, -0.2) is 23.6 Å². The molecule has 96 valence electrons. The molecule has 0 atom stereocenters. The molecule has 4 nitrogen and oxygen atoms in total. The van der Waals surface area contributed by atoms with Gasteiger partial charge in [0.1, 0.15) is 5.69 Å². The summed E-state index contributed by atoms with van der Waals surface area (Å²) >= 11 is 5.51. The fourth-order valence-corrected chi connectivity index (χ4v) is 1.39. The number of aliphatic hydroxyl groups excluding tert-OH is 1. The van der Waals surface area contributed by atoms with E-state index in [1.165, 1.54) is 0 Å². The van der Waals surface area contributed by atoms with Gasteiger partial charge in [-0.25, -0.2) is 0 Å². The van der Waals surface area contributed by atoms with Gasteiger partial charge in [0.2, 0.25) is 0 Å². The Labute approximate surface area is 99.9 Å². The summed E-state index contributed by atoms with van der Waals surface area (Å²) in [5.74, 6) is -0.986. The van der Waals surface area contributed by atoms with E-state index in [1.54, 1.807) is 0 Å². The molecule has 1 aromatic heterocycles. The average Bonchev–Trinajstić information content (AvgIpc) is 2.26. The molecular formula is C9H9ClF3NO3. The van der Waals surface area contributed by atoms with Gasteiger partial charge in [-0.2, -0.15) is 0 Å². The number of pyridine rings is 1. The van der Waals surface area contributed by atoms with Crippen molar-refractivity contribution in [3.05, 3.63) is 17.5 Å². The van der Waals surface area contributed by atoms with Crippen LogP contribution < -0.4 is 9.47 Å². The summed E-state index contributed by atoms with van der Waals surface area (Å²) in [6, 6.07) is 0. The average molecular weight is 272 g/mol. The monoisotopic (exact) mass is 271 g/mol. The Balaban J connectivity index is 3.30. The SMILES string of the molecule is COc1c(CCl)ncc(CO)c1OC(F)(F)F. The molecule has 0 aliphatic rings. The van der Waals surface area contributed by atoms with Crippen LogP contribution in [0.2, 0.25) is 0 Å². The molecule has 0 amide bonds. The minimum Gasteiger partial charge on any atom is -0.491 e. The van der Waals surface area contributed by atoms with Crippen molar-refractivity contribution in [1.29, 1.82) is 0 Å². The quantitative estimate of drug-likeness (QED) is 0.853. The number of alkyl halides is 4. The van der Waals surface area contributed by atoms with Crippen LogP contribution in [0.1, 0.15) is 11.3 Å². The van der Waals surface area contributed by atoms with Crippen LogP contribution in [0.3, 0.4) is 0 Å². The Morgan fingerprint density at radius 1 is 1.41 bits per heavy atom. The van der Waals surface area contributed by atoms with E-state index >= 15 is 0 Å². The van der Waals surface area contributed by atoms with Gasteiger partial charge in [0.05, 0.1) is 19.6 Å². The van der Waals surface area contributed by atoms with Gasteiger partial charge in [0.25, 0.3) is 0 Å². The summed E-state index contributed by atoms with van der Waals surface area (Å²) in [4.78, 5) is 3.77. The summed E-state index contributed by atoms with van der Waals surface area (Å²) in [6.07, 6.45) is -3.83. The Kier molecular flexibility index (Phi) is 4.41. The third-order valence-corrected chi connectivity index (χ3v) is 2.11. The van der Waals surface area contributed by atoms with Crippen LogP contribution in [0.25, 0.3) is 0 Å². The van der Waals surface area contributed by atoms with Crippen molar-refractivity contribution < 1.29 is 27.8 Å². The molecule has 0 fully saturated rings. The molecule has 0 saturated heterocycles. The Morgan fingerprint density at radius 2 is 2.06 bits per heavy atom. The number of aliphatic hydroxyl groups is 1. The summed E-state index contributed by atoms with van der Waals surface area (Å²) in [5, 5.41) is 8.92. The standard InChI is InChI=1S/C9H9ClF3NO3/c1-16-8-6(2-10)14-3-5(4-15)7(8)17-9(11,12)13/h3,15H,2,4H2,1H3. The van der Waals surface area contributed by atoms with Crippen molar-refractivity contribution in [3.63, 3.8) is 0 Å². The lowest BCUT2D eigenvalue weighted by Gasteiger charge is -2.16. The first-order valence-corrected chi connectivity index (χ1v) is 4.93. The number of methoxy groups -OCH3 is 1. The van der Waals surface area contributed by atoms with Gasteiger partial charge in [-0.3, -0.25) is 4.98 Å². The first kappa shape index (κ1) is 13.9. The smallest absolute Gasteiger partial charge is 0.491 e. The molecule has 0 aliphatic carbocycles. The molecule has 1 N–H and O–H groups in total. The normalized spacial score (nSPS) is 11.4. The van der Waals surface area contributed by atoms with Crippen molar-refractivity contribution in [2.24, 2.45) is 0 Å². The fraction of sp³-hybridized carbons (Fsp3) is 0.444. The number of rotatable bonds is 4. The minimum atomic E-state index is -4.89. The van der Waals surface area contributed by atoms with Crippen LogP contribution in [0.5, 0.6) is 11.5 Å². The van der Waals surface area contributed by atoms with E-state index in [9.17, 15) is 13.2 Å². The summed E-state index contributed by atoms with van der Waals surface area (Å²) in [6.45, 7) is -0.655. The van der Waals surface area contributed by atoms with Crippen molar-refractivity contribution >= 4 is 11.6 Å². The number of hydrogen-bond donors (Lipinski definition) is 1. The van der Waals surface area contributed by atoms with E-state index in [-0.39, 0.29) is 22.9 Å². The van der Waals surface area contributed by atoms with Gasteiger partial charge in [0, 0.05) is 11.8 Å².